The Balaban J connectivity index is 2.17. The number of H-pyrrole nitrogens is 1. The van der Waals surface area contributed by atoms with Crippen molar-refractivity contribution in [3.63, 3.8) is 0 Å². The van der Waals surface area contributed by atoms with Gasteiger partial charge in [-0.15, -0.1) is 11.8 Å². The summed E-state index contributed by atoms with van der Waals surface area (Å²) in [5.41, 5.74) is 2.27. The predicted molar refractivity (Wildman–Crippen MR) is 87.2 cm³/mol. The summed E-state index contributed by atoms with van der Waals surface area (Å²) in [7, 11) is 0. The Morgan fingerprint density at radius 1 is 1.37 bits per heavy atom. The van der Waals surface area contributed by atoms with Crippen LogP contribution in [0.25, 0.3) is 0 Å². The highest BCUT2D eigenvalue weighted by Crippen LogP contribution is 2.29. The van der Waals surface area contributed by atoms with Crippen molar-refractivity contribution in [2.75, 3.05) is 0 Å². The molecule has 1 heterocycles. The molecule has 0 bridgehead atoms. The fourth-order valence-corrected chi connectivity index (χ4v) is 3.71. The van der Waals surface area contributed by atoms with Crippen molar-refractivity contribution in [3.8, 4) is 0 Å². The van der Waals surface area contributed by atoms with E-state index in [1.165, 1.54) is 4.90 Å². The fraction of sp³-hybridized carbons (Fsp3) is 0.286. The summed E-state index contributed by atoms with van der Waals surface area (Å²) in [6.07, 6.45) is 0.922. The van der Waals surface area contributed by atoms with Crippen LogP contribution in [0, 0.1) is 11.6 Å². The first kappa shape index (κ1) is 14.8. The van der Waals surface area contributed by atoms with E-state index in [0.29, 0.717) is 0 Å². The largest absolute Gasteiger partial charge is 0.346 e. The van der Waals surface area contributed by atoms with Gasteiger partial charge in [-0.05, 0) is 41.4 Å². The second kappa shape index (κ2) is 6.68. The molecule has 2 rings (SSSR count). The Kier molecular flexibility index (Phi) is 5.19. The Morgan fingerprint density at radius 2 is 2.11 bits per heavy atom. The summed E-state index contributed by atoms with van der Waals surface area (Å²) >= 11 is 10.6. The van der Waals surface area contributed by atoms with Crippen molar-refractivity contribution >= 4 is 39.9 Å². The van der Waals surface area contributed by atoms with Crippen molar-refractivity contribution in [1.29, 1.82) is 0 Å². The molecule has 0 saturated heterocycles. The van der Waals surface area contributed by atoms with Crippen LogP contribution in [0.15, 0.2) is 33.6 Å². The highest BCUT2D eigenvalue weighted by molar-refractivity contribution is 9.10. The van der Waals surface area contributed by atoms with Gasteiger partial charge in [-0.2, -0.15) is 0 Å². The number of aromatic nitrogens is 2. The lowest BCUT2D eigenvalue weighted by Gasteiger charge is -2.08. The highest BCUT2D eigenvalue weighted by atomic mass is 79.9. The number of hydrogen-bond acceptors (Lipinski definition) is 3. The van der Waals surface area contributed by atoms with E-state index in [2.05, 4.69) is 45.8 Å². The fourth-order valence-electron chi connectivity index (χ4n) is 1.86. The summed E-state index contributed by atoms with van der Waals surface area (Å²) in [5, 5.41) is 0. The van der Waals surface area contributed by atoms with Gasteiger partial charge in [0, 0.05) is 20.6 Å². The van der Waals surface area contributed by atoms with Crippen LogP contribution < -0.4 is 0 Å². The van der Waals surface area contributed by atoms with Gasteiger partial charge in [-0.1, -0.05) is 31.3 Å². The highest BCUT2D eigenvalue weighted by Gasteiger charge is 2.05. The minimum Gasteiger partial charge on any atom is -0.346 e. The Bertz CT molecular complexity index is 638. The number of hydrogen-bond donors (Lipinski definition) is 1. The number of rotatable bonds is 4. The Labute approximate surface area is 131 Å². The Morgan fingerprint density at radius 3 is 2.74 bits per heavy atom. The molecule has 0 aliphatic heterocycles. The molecule has 1 N–H and O–H groups in total. The molecular formula is C14H15BrN2S2. The maximum atomic E-state index is 5.33. The molecule has 5 heteroatoms. The average molecular weight is 355 g/mol. The van der Waals surface area contributed by atoms with Crippen molar-refractivity contribution in [3.05, 3.63) is 50.5 Å². The zero-order valence-electron chi connectivity index (χ0n) is 10.9. The average Bonchev–Trinajstić information content (AvgIpc) is 2.37. The van der Waals surface area contributed by atoms with Gasteiger partial charge in [0.2, 0.25) is 0 Å². The van der Waals surface area contributed by atoms with E-state index in [4.69, 9.17) is 12.2 Å². The van der Waals surface area contributed by atoms with Gasteiger partial charge in [0.1, 0.15) is 10.5 Å². The molecule has 0 unspecified atom stereocenters. The van der Waals surface area contributed by atoms with Crippen molar-refractivity contribution in [2.24, 2.45) is 0 Å². The van der Waals surface area contributed by atoms with Crippen LogP contribution >= 0.6 is 39.9 Å². The van der Waals surface area contributed by atoms with E-state index in [0.717, 1.165) is 38.4 Å². The lowest BCUT2D eigenvalue weighted by atomic mass is 10.2. The van der Waals surface area contributed by atoms with Crippen LogP contribution in [0.2, 0.25) is 0 Å². The van der Waals surface area contributed by atoms with Gasteiger partial charge in [-0.25, -0.2) is 4.98 Å². The predicted octanol–water partition coefficient (Wildman–Crippen LogP) is 5.06. The van der Waals surface area contributed by atoms with Crippen LogP contribution in [0.4, 0.5) is 0 Å². The molecule has 0 atom stereocenters. The Hall–Kier alpha value is -0.650. The topological polar surface area (TPSA) is 28.7 Å². The number of benzene rings is 1. The van der Waals surface area contributed by atoms with Gasteiger partial charge in [0.15, 0.2) is 0 Å². The summed E-state index contributed by atoms with van der Waals surface area (Å²) in [6, 6.07) is 8.19. The zero-order valence-corrected chi connectivity index (χ0v) is 14.1. The van der Waals surface area contributed by atoms with Crippen LogP contribution in [0.5, 0.6) is 0 Å². The first-order valence-corrected chi connectivity index (χ1v) is 8.26. The van der Waals surface area contributed by atoms with E-state index < -0.39 is 0 Å². The molecule has 0 amide bonds. The maximum Gasteiger partial charge on any atom is 0.133 e. The lowest BCUT2D eigenvalue weighted by Crippen LogP contribution is -2.01. The van der Waals surface area contributed by atoms with Gasteiger partial charge >= 0.3 is 0 Å². The third-order valence-corrected chi connectivity index (χ3v) is 5.21. The molecule has 0 saturated carbocycles. The minimum atomic E-state index is 0.724. The number of thioether (sulfide) groups is 1. The van der Waals surface area contributed by atoms with E-state index >= 15 is 0 Å². The van der Waals surface area contributed by atoms with Crippen LogP contribution in [-0.4, -0.2) is 9.97 Å². The number of aryl methyl sites for hydroxylation is 1. The van der Waals surface area contributed by atoms with E-state index in [1.807, 2.05) is 18.2 Å². The van der Waals surface area contributed by atoms with Crippen molar-refractivity contribution < 1.29 is 0 Å². The third-order valence-electron chi connectivity index (χ3n) is 2.83. The normalized spacial score (nSPS) is 10.7. The molecule has 100 valence electrons. The summed E-state index contributed by atoms with van der Waals surface area (Å²) in [5.74, 6) is 1.72. The van der Waals surface area contributed by atoms with Crippen LogP contribution in [0.3, 0.4) is 0 Å². The number of halogens is 1. The quantitative estimate of drug-likeness (QED) is 0.614. The standard InChI is InChI=1S/C14H15BrN2S2/c1-3-10-9(2)16-13(17-14(10)18)8-19-12-7-5-4-6-11(12)15/h4-7H,3,8H2,1-2H3,(H,16,17,18). The van der Waals surface area contributed by atoms with Gasteiger partial charge in [-0.3, -0.25) is 0 Å². The van der Waals surface area contributed by atoms with Gasteiger partial charge < -0.3 is 4.98 Å². The molecule has 1 aromatic heterocycles. The number of aromatic amines is 1. The second-order valence-electron chi connectivity index (χ2n) is 4.16. The molecule has 0 aliphatic carbocycles. The maximum absolute atomic E-state index is 5.33. The van der Waals surface area contributed by atoms with E-state index in [1.54, 1.807) is 11.8 Å². The monoisotopic (exact) mass is 354 g/mol. The van der Waals surface area contributed by atoms with E-state index in [-0.39, 0.29) is 0 Å². The SMILES string of the molecule is CCc1c(C)[nH]c(CSc2ccccc2Br)nc1=S. The van der Waals surface area contributed by atoms with Crippen LogP contribution in [0.1, 0.15) is 24.0 Å². The van der Waals surface area contributed by atoms with Crippen molar-refractivity contribution in [1.82, 2.24) is 9.97 Å². The molecular weight excluding hydrogens is 340 g/mol. The smallest absolute Gasteiger partial charge is 0.133 e. The zero-order chi connectivity index (χ0) is 13.8. The number of nitrogens with zero attached hydrogens (tertiary/aromatic N) is 1. The molecule has 0 fully saturated rings. The molecule has 0 radical (unpaired) electrons. The summed E-state index contributed by atoms with van der Waals surface area (Å²) in [6.45, 7) is 4.16. The third kappa shape index (κ3) is 3.68. The molecule has 1 aromatic carbocycles. The molecule has 0 aliphatic rings. The van der Waals surface area contributed by atoms with Gasteiger partial charge in [0.05, 0.1) is 5.75 Å². The van der Waals surface area contributed by atoms with Crippen LogP contribution in [-0.2, 0) is 12.2 Å². The minimum absolute atomic E-state index is 0.724. The molecule has 2 aromatic rings. The second-order valence-corrected chi connectivity index (χ2v) is 6.42. The first-order valence-electron chi connectivity index (χ1n) is 6.07. The van der Waals surface area contributed by atoms with Crippen molar-refractivity contribution in [2.45, 2.75) is 30.9 Å². The number of nitrogens with one attached hydrogen (secondary N) is 1. The molecule has 0 spiro atoms. The van der Waals surface area contributed by atoms with E-state index in [9.17, 15) is 0 Å². The lowest BCUT2D eigenvalue weighted by molar-refractivity contribution is 0.927. The summed E-state index contributed by atoms with van der Waals surface area (Å²) in [4.78, 5) is 9.03. The van der Waals surface area contributed by atoms with Gasteiger partial charge in [0.25, 0.3) is 0 Å². The summed E-state index contributed by atoms with van der Waals surface area (Å²) < 4.78 is 1.84. The first-order chi connectivity index (χ1) is 9.11. The molecule has 19 heavy (non-hydrogen) atoms. The molecule has 2 nitrogen and oxygen atoms in total.